The van der Waals surface area contributed by atoms with Gasteiger partial charge in [-0.25, -0.2) is 4.39 Å². The van der Waals surface area contributed by atoms with E-state index in [9.17, 15) is 4.39 Å². The van der Waals surface area contributed by atoms with Crippen LogP contribution in [0.5, 0.6) is 11.5 Å². The van der Waals surface area contributed by atoms with Crippen LogP contribution in [-0.2, 0) is 0 Å². The van der Waals surface area contributed by atoms with E-state index in [0.29, 0.717) is 12.3 Å². The minimum atomic E-state index is -0.463. The van der Waals surface area contributed by atoms with E-state index in [0.717, 1.165) is 5.75 Å². The molecule has 0 heterocycles. The van der Waals surface area contributed by atoms with Gasteiger partial charge in [-0.15, -0.1) is 0 Å². The second kappa shape index (κ2) is 5.91. The number of halogens is 1. The topological polar surface area (TPSA) is 44.5 Å². The van der Waals surface area contributed by atoms with Crippen LogP contribution in [0.3, 0.4) is 0 Å². The third kappa shape index (κ3) is 3.38. The quantitative estimate of drug-likeness (QED) is 0.652. The van der Waals surface area contributed by atoms with Crippen molar-refractivity contribution in [3.05, 3.63) is 54.3 Å². The summed E-state index contributed by atoms with van der Waals surface area (Å²) in [6.45, 7) is 0.629. The Morgan fingerprint density at radius 1 is 0.944 bits per heavy atom. The van der Waals surface area contributed by atoms with Gasteiger partial charge in [-0.2, -0.15) is 0 Å². The molecule has 0 bridgehead atoms. The van der Waals surface area contributed by atoms with Crippen LogP contribution in [0.25, 0.3) is 0 Å². The first-order valence-corrected chi connectivity index (χ1v) is 5.61. The Hall–Kier alpha value is -2.23. The lowest BCUT2D eigenvalue weighted by molar-refractivity contribution is 0.211. The minimum absolute atomic E-state index is 0.181. The molecule has 0 amide bonds. The third-order valence-corrected chi connectivity index (χ3v) is 2.31. The SMILES string of the molecule is Nc1ccc(OCCOc2ccccc2)c(F)c1. The molecule has 2 aromatic carbocycles. The number of nitrogens with two attached hydrogens (primary N) is 1. The summed E-state index contributed by atoms with van der Waals surface area (Å²) in [5.41, 5.74) is 5.81. The fraction of sp³-hybridized carbons (Fsp3) is 0.143. The maximum Gasteiger partial charge on any atom is 0.167 e. The molecular formula is C14H14FNO2. The van der Waals surface area contributed by atoms with Gasteiger partial charge in [0.2, 0.25) is 0 Å². The van der Waals surface area contributed by atoms with Gasteiger partial charge < -0.3 is 15.2 Å². The monoisotopic (exact) mass is 247 g/mol. The highest BCUT2D eigenvalue weighted by Crippen LogP contribution is 2.19. The van der Waals surface area contributed by atoms with E-state index in [4.69, 9.17) is 15.2 Å². The van der Waals surface area contributed by atoms with Crippen LogP contribution in [0.2, 0.25) is 0 Å². The first-order chi connectivity index (χ1) is 8.75. The highest BCUT2D eigenvalue weighted by molar-refractivity contribution is 5.42. The predicted molar refractivity (Wildman–Crippen MR) is 68.2 cm³/mol. The van der Waals surface area contributed by atoms with Crippen molar-refractivity contribution in [2.24, 2.45) is 0 Å². The minimum Gasteiger partial charge on any atom is -0.490 e. The maximum atomic E-state index is 13.4. The number of ether oxygens (including phenoxy) is 2. The van der Waals surface area contributed by atoms with Crippen LogP contribution in [-0.4, -0.2) is 13.2 Å². The Balaban J connectivity index is 1.79. The second-order valence-electron chi connectivity index (χ2n) is 3.70. The molecule has 18 heavy (non-hydrogen) atoms. The second-order valence-corrected chi connectivity index (χ2v) is 3.70. The van der Waals surface area contributed by atoms with Gasteiger partial charge in [0.05, 0.1) is 0 Å². The zero-order chi connectivity index (χ0) is 12.8. The van der Waals surface area contributed by atoms with Gasteiger partial charge in [0.15, 0.2) is 11.6 Å². The normalized spacial score (nSPS) is 10.1. The molecule has 4 heteroatoms. The molecule has 0 aromatic heterocycles. The van der Waals surface area contributed by atoms with E-state index in [1.165, 1.54) is 12.1 Å². The van der Waals surface area contributed by atoms with Gasteiger partial charge in [0, 0.05) is 11.8 Å². The number of para-hydroxylation sites is 1. The smallest absolute Gasteiger partial charge is 0.167 e. The predicted octanol–water partition coefficient (Wildman–Crippen LogP) is 2.87. The van der Waals surface area contributed by atoms with E-state index >= 15 is 0 Å². The summed E-state index contributed by atoms with van der Waals surface area (Å²) in [5, 5.41) is 0. The Morgan fingerprint density at radius 2 is 1.67 bits per heavy atom. The summed E-state index contributed by atoms with van der Waals surface area (Å²) < 4.78 is 24.0. The molecule has 94 valence electrons. The van der Waals surface area contributed by atoms with Gasteiger partial charge in [0.1, 0.15) is 19.0 Å². The van der Waals surface area contributed by atoms with Crippen molar-refractivity contribution in [1.82, 2.24) is 0 Å². The summed E-state index contributed by atoms with van der Waals surface area (Å²) in [6, 6.07) is 13.7. The largest absolute Gasteiger partial charge is 0.490 e. The number of rotatable bonds is 5. The van der Waals surface area contributed by atoms with Crippen molar-refractivity contribution < 1.29 is 13.9 Å². The van der Waals surface area contributed by atoms with Gasteiger partial charge in [0.25, 0.3) is 0 Å². The molecular weight excluding hydrogens is 233 g/mol. The third-order valence-electron chi connectivity index (χ3n) is 2.31. The van der Waals surface area contributed by atoms with Gasteiger partial charge in [-0.05, 0) is 24.3 Å². The molecule has 2 aromatic rings. The molecule has 0 aliphatic carbocycles. The number of benzene rings is 2. The highest BCUT2D eigenvalue weighted by Gasteiger charge is 2.03. The number of anilines is 1. The van der Waals surface area contributed by atoms with Gasteiger partial charge in [-0.1, -0.05) is 18.2 Å². The van der Waals surface area contributed by atoms with E-state index < -0.39 is 5.82 Å². The standard InChI is InChI=1S/C14H14FNO2/c15-13-10-11(16)6-7-14(13)18-9-8-17-12-4-2-1-3-5-12/h1-7,10H,8-9,16H2. The van der Waals surface area contributed by atoms with Gasteiger partial charge in [-0.3, -0.25) is 0 Å². The van der Waals surface area contributed by atoms with Crippen molar-refractivity contribution in [3.8, 4) is 11.5 Å². The van der Waals surface area contributed by atoms with Crippen LogP contribution in [0.15, 0.2) is 48.5 Å². The fourth-order valence-corrected chi connectivity index (χ4v) is 1.46. The zero-order valence-electron chi connectivity index (χ0n) is 9.80. The lowest BCUT2D eigenvalue weighted by Crippen LogP contribution is -2.09. The molecule has 0 unspecified atom stereocenters. The Bertz CT molecular complexity index is 502. The molecule has 0 atom stereocenters. The van der Waals surface area contributed by atoms with Crippen molar-refractivity contribution in [1.29, 1.82) is 0 Å². The van der Waals surface area contributed by atoms with E-state index in [1.807, 2.05) is 30.3 Å². The van der Waals surface area contributed by atoms with Crippen LogP contribution in [0.1, 0.15) is 0 Å². The first-order valence-electron chi connectivity index (χ1n) is 5.61. The first kappa shape index (κ1) is 12.2. The van der Waals surface area contributed by atoms with E-state index in [2.05, 4.69) is 0 Å². The maximum absolute atomic E-state index is 13.4. The highest BCUT2D eigenvalue weighted by atomic mass is 19.1. The molecule has 3 nitrogen and oxygen atoms in total. The van der Waals surface area contributed by atoms with E-state index in [1.54, 1.807) is 6.07 Å². The van der Waals surface area contributed by atoms with Crippen LogP contribution in [0.4, 0.5) is 10.1 Å². The summed E-state index contributed by atoms with van der Waals surface area (Å²) in [7, 11) is 0. The average Bonchev–Trinajstić information content (AvgIpc) is 2.38. The molecule has 0 aliphatic rings. The lowest BCUT2D eigenvalue weighted by atomic mass is 10.3. The Morgan fingerprint density at radius 3 is 2.39 bits per heavy atom. The average molecular weight is 247 g/mol. The molecule has 0 saturated carbocycles. The van der Waals surface area contributed by atoms with Crippen molar-refractivity contribution in [2.75, 3.05) is 18.9 Å². The summed E-state index contributed by atoms with van der Waals surface area (Å²) >= 11 is 0. The molecule has 2 N–H and O–H groups in total. The fourth-order valence-electron chi connectivity index (χ4n) is 1.46. The zero-order valence-corrected chi connectivity index (χ0v) is 9.80. The molecule has 2 rings (SSSR count). The summed E-state index contributed by atoms with van der Waals surface area (Å²) in [5.74, 6) is 0.481. The summed E-state index contributed by atoms with van der Waals surface area (Å²) in [6.07, 6.45) is 0. The van der Waals surface area contributed by atoms with Crippen LogP contribution >= 0.6 is 0 Å². The van der Waals surface area contributed by atoms with Gasteiger partial charge >= 0.3 is 0 Å². The Kier molecular flexibility index (Phi) is 4.02. The van der Waals surface area contributed by atoms with E-state index in [-0.39, 0.29) is 12.4 Å². The number of nitrogen functional groups attached to an aromatic ring is 1. The van der Waals surface area contributed by atoms with Crippen molar-refractivity contribution in [3.63, 3.8) is 0 Å². The van der Waals surface area contributed by atoms with Crippen molar-refractivity contribution in [2.45, 2.75) is 0 Å². The molecule has 0 spiro atoms. The molecule has 0 radical (unpaired) electrons. The number of hydrogen-bond acceptors (Lipinski definition) is 3. The molecule has 0 aliphatic heterocycles. The van der Waals surface area contributed by atoms with Crippen molar-refractivity contribution >= 4 is 5.69 Å². The van der Waals surface area contributed by atoms with Crippen LogP contribution in [0, 0.1) is 5.82 Å². The summed E-state index contributed by atoms with van der Waals surface area (Å²) in [4.78, 5) is 0. The Labute approximate surface area is 105 Å². The molecule has 0 saturated heterocycles. The van der Waals surface area contributed by atoms with Crippen LogP contribution < -0.4 is 15.2 Å². The molecule has 0 fully saturated rings. The lowest BCUT2D eigenvalue weighted by Gasteiger charge is -2.09. The number of hydrogen-bond donors (Lipinski definition) is 1.